The lowest BCUT2D eigenvalue weighted by Crippen LogP contribution is -2.46. The molecule has 0 amide bonds. The Morgan fingerprint density at radius 1 is 0.759 bits per heavy atom. The molecule has 0 radical (unpaired) electrons. The molecule has 0 aliphatic carbocycles. The first-order valence-corrected chi connectivity index (χ1v) is 10.4. The molecule has 158 valence electrons. The molecule has 0 saturated heterocycles. The van der Waals surface area contributed by atoms with Crippen LogP contribution >= 0.6 is 0 Å². The highest BCUT2D eigenvalue weighted by Gasteiger charge is 2.40. The first-order chi connectivity index (χ1) is 14.1. The van der Waals surface area contributed by atoms with Crippen molar-refractivity contribution >= 4 is 0 Å². The Hall–Kier alpha value is -2.28. The van der Waals surface area contributed by atoms with Crippen LogP contribution in [0.25, 0.3) is 0 Å². The van der Waals surface area contributed by atoms with Crippen molar-refractivity contribution in [3.05, 3.63) is 72.6 Å². The van der Waals surface area contributed by atoms with Crippen molar-refractivity contribution in [3.63, 3.8) is 0 Å². The van der Waals surface area contributed by atoms with E-state index in [9.17, 15) is 10.2 Å². The van der Waals surface area contributed by atoms with Crippen molar-refractivity contribution in [2.75, 3.05) is 27.3 Å². The lowest BCUT2D eigenvalue weighted by Gasteiger charge is -2.42. The second-order valence-electron chi connectivity index (χ2n) is 7.75. The van der Waals surface area contributed by atoms with E-state index in [1.807, 2.05) is 0 Å². The van der Waals surface area contributed by atoms with Gasteiger partial charge in [-0.3, -0.25) is 4.90 Å². The second-order valence-corrected chi connectivity index (χ2v) is 7.75. The number of unbranched alkanes of at least 4 members (excludes halogenated alkanes) is 1. The Labute approximate surface area is 173 Å². The van der Waals surface area contributed by atoms with Crippen LogP contribution < -0.4 is 0 Å². The topological polar surface area (TPSA) is 58.5 Å². The van der Waals surface area contributed by atoms with Gasteiger partial charge in [-0.25, -0.2) is 0 Å². The van der Waals surface area contributed by atoms with Crippen LogP contribution in [0.3, 0.4) is 0 Å². The molecule has 0 aliphatic heterocycles. The minimum absolute atomic E-state index is 0.111. The van der Waals surface area contributed by atoms with Crippen molar-refractivity contribution in [2.45, 2.75) is 44.4 Å². The van der Waals surface area contributed by atoms with Crippen LogP contribution in [0.5, 0.6) is 0 Å². The first kappa shape index (κ1) is 21.4. The van der Waals surface area contributed by atoms with Crippen molar-refractivity contribution in [1.29, 1.82) is 0 Å². The van der Waals surface area contributed by atoms with Crippen LogP contribution in [-0.2, 0) is 25.2 Å². The van der Waals surface area contributed by atoms with E-state index in [-0.39, 0.29) is 18.8 Å². The van der Waals surface area contributed by atoms with Gasteiger partial charge in [-0.1, -0.05) is 0 Å². The van der Waals surface area contributed by atoms with Gasteiger partial charge in [0.25, 0.3) is 0 Å². The van der Waals surface area contributed by atoms with Gasteiger partial charge in [0.05, 0.1) is 6.61 Å². The quantitative estimate of drug-likeness (QED) is 0.461. The largest absolute Gasteiger partial charge is 0.396 e. The second kappa shape index (κ2) is 9.96. The van der Waals surface area contributed by atoms with E-state index in [0.29, 0.717) is 6.54 Å². The summed E-state index contributed by atoms with van der Waals surface area (Å²) in [6.45, 7) is 2.68. The van der Waals surface area contributed by atoms with E-state index in [4.69, 9.17) is 0 Å². The van der Waals surface area contributed by atoms with E-state index in [0.717, 1.165) is 32.4 Å². The average Bonchev–Trinajstić information content (AvgIpc) is 3.46. The maximum absolute atomic E-state index is 9.61. The van der Waals surface area contributed by atoms with Crippen LogP contribution in [0.2, 0.25) is 0 Å². The normalized spacial score (nSPS) is 13.8. The van der Waals surface area contributed by atoms with Crippen molar-refractivity contribution < 1.29 is 10.2 Å². The Morgan fingerprint density at radius 2 is 1.38 bits per heavy atom. The molecule has 3 aromatic heterocycles. The Morgan fingerprint density at radius 3 is 1.93 bits per heavy atom. The van der Waals surface area contributed by atoms with Crippen LogP contribution in [0.4, 0.5) is 0 Å². The fourth-order valence-corrected chi connectivity index (χ4v) is 4.35. The molecule has 1 atom stereocenters. The molecule has 29 heavy (non-hydrogen) atoms. The molecule has 6 heteroatoms. The minimum Gasteiger partial charge on any atom is -0.396 e. The van der Waals surface area contributed by atoms with Crippen LogP contribution in [0, 0.1) is 0 Å². The highest BCUT2D eigenvalue weighted by atomic mass is 16.3. The van der Waals surface area contributed by atoms with Gasteiger partial charge in [0, 0.05) is 62.4 Å². The summed E-state index contributed by atoms with van der Waals surface area (Å²) in [5.41, 5.74) is 2.09. The summed E-state index contributed by atoms with van der Waals surface area (Å²) in [6, 6.07) is 12.7. The van der Waals surface area contributed by atoms with E-state index in [1.165, 1.54) is 11.4 Å². The summed E-state index contributed by atoms with van der Waals surface area (Å²) in [5.74, 6) is 0. The zero-order valence-corrected chi connectivity index (χ0v) is 17.6. The van der Waals surface area contributed by atoms with E-state index in [2.05, 4.69) is 93.9 Å². The number of rotatable bonds is 12. The third-order valence-corrected chi connectivity index (χ3v) is 5.82. The highest BCUT2D eigenvalue weighted by molar-refractivity contribution is 5.33. The van der Waals surface area contributed by atoms with Crippen LogP contribution in [-0.4, -0.2) is 56.1 Å². The Kier molecular flexibility index (Phi) is 7.36. The van der Waals surface area contributed by atoms with Gasteiger partial charge in [-0.05, 0) is 69.8 Å². The van der Waals surface area contributed by atoms with Gasteiger partial charge in [0.15, 0.2) is 0 Å². The predicted octanol–water partition coefficient (Wildman–Crippen LogP) is 2.75. The molecule has 3 heterocycles. The molecule has 0 saturated carbocycles. The fourth-order valence-electron chi connectivity index (χ4n) is 4.35. The summed E-state index contributed by atoms with van der Waals surface area (Å²) in [4.78, 5) is 2.30. The molecule has 0 aromatic carbocycles. The van der Waals surface area contributed by atoms with Gasteiger partial charge in [-0.2, -0.15) is 0 Å². The lowest BCUT2D eigenvalue weighted by molar-refractivity contribution is 0.153. The summed E-state index contributed by atoms with van der Waals surface area (Å²) in [6.07, 6.45) is 11.0. The maximum atomic E-state index is 9.61. The number of nitrogens with zero attached hydrogens (tertiary/aromatic N) is 4. The summed E-state index contributed by atoms with van der Waals surface area (Å²) >= 11 is 0. The molecule has 3 rings (SSSR count). The fraction of sp³-hybridized carbons (Fsp3) is 0.478. The maximum Gasteiger partial charge on any atom is 0.103 e. The Balaban J connectivity index is 2.07. The number of aryl methyl sites for hydroxylation is 2. The molecule has 1 unspecified atom stereocenters. The van der Waals surface area contributed by atoms with Crippen LogP contribution in [0.15, 0.2) is 61.2 Å². The summed E-state index contributed by atoms with van der Waals surface area (Å²) < 4.78 is 6.71. The van der Waals surface area contributed by atoms with E-state index < -0.39 is 0 Å². The third kappa shape index (κ3) is 4.50. The zero-order valence-electron chi connectivity index (χ0n) is 17.6. The summed E-state index contributed by atoms with van der Waals surface area (Å²) in [5, 5.41) is 18.8. The molecule has 3 aromatic rings. The van der Waals surface area contributed by atoms with Crippen molar-refractivity contribution in [2.24, 2.45) is 0 Å². The van der Waals surface area contributed by atoms with E-state index in [1.54, 1.807) is 0 Å². The standard InChI is InChI=1S/C23H34N4O2/c1-24(2)23(11-17-25-12-3-4-13-25,22-10-8-16-27(22)18-20-29)21-9-7-15-26(21)14-5-6-19-28/h3-4,7-10,12-13,15-16,28-29H,5-6,11,14,17-20H2,1-2H3. The first-order valence-electron chi connectivity index (χ1n) is 10.4. The van der Waals surface area contributed by atoms with Gasteiger partial charge >= 0.3 is 0 Å². The summed E-state index contributed by atoms with van der Waals surface area (Å²) in [7, 11) is 4.27. The van der Waals surface area contributed by atoms with Gasteiger partial charge in [0.2, 0.25) is 0 Å². The molecule has 0 aliphatic rings. The molecule has 6 nitrogen and oxygen atoms in total. The van der Waals surface area contributed by atoms with Gasteiger partial charge in [-0.15, -0.1) is 0 Å². The van der Waals surface area contributed by atoms with Gasteiger partial charge in [0.1, 0.15) is 5.54 Å². The van der Waals surface area contributed by atoms with Crippen LogP contribution in [0.1, 0.15) is 30.7 Å². The number of hydrogen-bond acceptors (Lipinski definition) is 3. The van der Waals surface area contributed by atoms with E-state index >= 15 is 0 Å². The number of hydrogen-bond donors (Lipinski definition) is 2. The number of aliphatic hydroxyl groups excluding tert-OH is 2. The smallest absolute Gasteiger partial charge is 0.103 e. The number of aliphatic hydroxyl groups is 2. The third-order valence-electron chi connectivity index (χ3n) is 5.82. The van der Waals surface area contributed by atoms with Gasteiger partial charge < -0.3 is 23.9 Å². The molecular weight excluding hydrogens is 364 g/mol. The monoisotopic (exact) mass is 398 g/mol. The predicted molar refractivity (Wildman–Crippen MR) is 116 cm³/mol. The average molecular weight is 399 g/mol. The van der Waals surface area contributed by atoms with Crippen molar-refractivity contribution in [3.8, 4) is 0 Å². The molecule has 2 N–H and O–H groups in total. The molecule has 0 spiro atoms. The molecule has 0 fully saturated rings. The van der Waals surface area contributed by atoms with Crippen molar-refractivity contribution in [1.82, 2.24) is 18.6 Å². The Bertz CT molecular complexity index is 850. The minimum atomic E-state index is -0.342. The lowest BCUT2D eigenvalue weighted by atomic mass is 9.85. The number of aromatic nitrogens is 3. The molecular formula is C23H34N4O2. The molecule has 0 bridgehead atoms. The zero-order chi connectivity index (χ0) is 20.7. The SMILES string of the molecule is CN(C)C(CCn1cccc1)(c1cccn1CCO)c1cccn1CCCCO. The highest BCUT2D eigenvalue weighted by Crippen LogP contribution is 2.39.